The van der Waals surface area contributed by atoms with Crippen LogP contribution in [-0.2, 0) is 21.2 Å². The van der Waals surface area contributed by atoms with E-state index in [-0.39, 0.29) is 17.7 Å². The lowest BCUT2D eigenvalue weighted by Crippen LogP contribution is -2.53. The summed E-state index contributed by atoms with van der Waals surface area (Å²) in [5, 5.41) is 0. The number of hydrogen-bond acceptors (Lipinski definition) is 5. The number of likely N-dealkylation sites (N-methyl/N-ethyl adjacent to an activating group) is 1. The first-order valence-corrected chi connectivity index (χ1v) is 11.1. The van der Waals surface area contributed by atoms with Crippen molar-refractivity contribution in [1.29, 1.82) is 0 Å². The molecule has 0 aliphatic carbocycles. The molecule has 1 amide bonds. The Morgan fingerprint density at radius 2 is 1.88 bits per heavy atom. The minimum atomic E-state index is -2.85. The number of sulfone groups is 1. The predicted octanol–water partition coefficient (Wildman–Crippen LogP) is 0.758. The monoisotopic (exact) mass is 379 g/mol. The molecule has 1 aromatic carbocycles. The molecule has 0 saturated carbocycles. The zero-order valence-corrected chi connectivity index (χ0v) is 16.5. The number of rotatable bonds is 5. The van der Waals surface area contributed by atoms with Crippen molar-refractivity contribution in [1.82, 2.24) is 14.7 Å². The fourth-order valence-corrected chi connectivity index (χ4v) is 5.63. The van der Waals surface area contributed by atoms with E-state index in [1.54, 1.807) is 0 Å². The second kappa shape index (κ2) is 8.06. The van der Waals surface area contributed by atoms with Crippen LogP contribution in [0.3, 0.4) is 0 Å². The Morgan fingerprint density at radius 3 is 2.50 bits per heavy atom. The van der Waals surface area contributed by atoms with E-state index in [9.17, 15) is 13.2 Å². The number of carbonyl (C=O) groups excluding carboxylic acids is 1. The maximum atomic E-state index is 12.6. The summed E-state index contributed by atoms with van der Waals surface area (Å²) in [5.74, 6) is 0.737. The molecule has 0 unspecified atom stereocenters. The summed E-state index contributed by atoms with van der Waals surface area (Å²) in [5.41, 5.74) is 2.49. The number of nitrogens with zero attached hydrogens (tertiary/aromatic N) is 3. The highest BCUT2D eigenvalue weighted by Gasteiger charge is 2.34. The Bertz CT molecular complexity index is 742. The lowest BCUT2D eigenvalue weighted by atomic mass is 10.1. The molecule has 0 bridgehead atoms. The molecule has 1 aromatic rings. The van der Waals surface area contributed by atoms with Gasteiger partial charge < -0.3 is 4.90 Å². The number of carbonyl (C=O) groups is 1. The molecule has 7 heteroatoms. The Labute approximate surface area is 156 Å². The van der Waals surface area contributed by atoms with Crippen LogP contribution in [-0.4, -0.2) is 86.3 Å². The van der Waals surface area contributed by atoms with E-state index in [0.29, 0.717) is 25.4 Å². The molecular weight excluding hydrogens is 350 g/mol. The van der Waals surface area contributed by atoms with Gasteiger partial charge >= 0.3 is 0 Å². The normalized spacial score (nSPS) is 23.5. The van der Waals surface area contributed by atoms with Gasteiger partial charge in [0.05, 0.1) is 18.1 Å². The first-order valence-electron chi connectivity index (χ1n) is 9.29. The van der Waals surface area contributed by atoms with E-state index >= 15 is 0 Å². The van der Waals surface area contributed by atoms with Gasteiger partial charge in [-0.2, -0.15) is 0 Å². The summed E-state index contributed by atoms with van der Waals surface area (Å²) in [4.78, 5) is 18.8. The quantitative estimate of drug-likeness (QED) is 0.756. The van der Waals surface area contributed by atoms with Crippen molar-refractivity contribution in [2.75, 3.05) is 51.3 Å². The molecule has 2 aliphatic rings. The van der Waals surface area contributed by atoms with Crippen LogP contribution in [0.1, 0.15) is 17.5 Å². The van der Waals surface area contributed by atoms with Crippen molar-refractivity contribution < 1.29 is 13.2 Å². The Kier molecular flexibility index (Phi) is 5.99. The standard InChI is InChI=1S/C19H29N3O3S/c1-16-5-3-4-6-17(16)13-20(2)14-19(23)22-10-8-21(9-11-22)18-7-12-26(24,25)15-18/h3-6,18H,7-15H2,1-2H3/t18-/m0/s1. The first kappa shape index (κ1) is 19.3. The van der Waals surface area contributed by atoms with Crippen molar-refractivity contribution in [2.45, 2.75) is 25.9 Å². The van der Waals surface area contributed by atoms with E-state index in [1.165, 1.54) is 11.1 Å². The third-order valence-electron chi connectivity index (χ3n) is 5.50. The fraction of sp³-hybridized carbons (Fsp3) is 0.632. The fourth-order valence-electron chi connectivity index (χ4n) is 3.86. The molecule has 0 spiro atoms. The third-order valence-corrected chi connectivity index (χ3v) is 7.25. The molecule has 3 rings (SSSR count). The molecule has 2 aliphatic heterocycles. The van der Waals surface area contributed by atoms with E-state index < -0.39 is 9.84 Å². The average molecular weight is 380 g/mol. The number of benzene rings is 1. The van der Waals surface area contributed by atoms with E-state index in [0.717, 1.165) is 26.1 Å². The van der Waals surface area contributed by atoms with E-state index in [1.807, 2.05) is 24.1 Å². The lowest BCUT2D eigenvalue weighted by Gasteiger charge is -2.38. The highest BCUT2D eigenvalue weighted by Crippen LogP contribution is 2.19. The molecule has 0 radical (unpaired) electrons. The smallest absolute Gasteiger partial charge is 0.236 e. The van der Waals surface area contributed by atoms with Crippen LogP contribution >= 0.6 is 0 Å². The highest BCUT2D eigenvalue weighted by molar-refractivity contribution is 7.91. The summed E-state index contributed by atoms with van der Waals surface area (Å²) < 4.78 is 23.3. The molecule has 0 aromatic heterocycles. The Hall–Kier alpha value is -1.44. The van der Waals surface area contributed by atoms with Gasteiger partial charge in [0.15, 0.2) is 9.84 Å². The zero-order chi connectivity index (χ0) is 18.7. The van der Waals surface area contributed by atoms with Crippen molar-refractivity contribution in [3.63, 3.8) is 0 Å². The summed E-state index contributed by atoms with van der Waals surface area (Å²) in [6, 6.07) is 8.39. The summed E-state index contributed by atoms with van der Waals surface area (Å²) in [6.07, 6.45) is 0.732. The van der Waals surface area contributed by atoms with Crippen LogP contribution in [0.4, 0.5) is 0 Å². The minimum Gasteiger partial charge on any atom is -0.339 e. The topological polar surface area (TPSA) is 60.9 Å². The van der Waals surface area contributed by atoms with Crippen LogP contribution in [0.2, 0.25) is 0 Å². The molecule has 144 valence electrons. The molecule has 2 heterocycles. The molecule has 6 nitrogen and oxygen atoms in total. The lowest BCUT2D eigenvalue weighted by molar-refractivity contribution is -0.134. The van der Waals surface area contributed by atoms with Gasteiger partial charge in [0.2, 0.25) is 5.91 Å². The number of piperazine rings is 1. The van der Waals surface area contributed by atoms with Gasteiger partial charge in [0.25, 0.3) is 0 Å². The van der Waals surface area contributed by atoms with Crippen LogP contribution in [0.25, 0.3) is 0 Å². The van der Waals surface area contributed by atoms with Gasteiger partial charge in [-0.25, -0.2) is 8.42 Å². The van der Waals surface area contributed by atoms with Crippen molar-refractivity contribution in [2.24, 2.45) is 0 Å². The van der Waals surface area contributed by atoms with Crippen molar-refractivity contribution in [3.8, 4) is 0 Å². The number of hydrogen-bond donors (Lipinski definition) is 0. The zero-order valence-electron chi connectivity index (χ0n) is 15.7. The van der Waals surface area contributed by atoms with Crippen molar-refractivity contribution >= 4 is 15.7 Å². The number of aryl methyl sites for hydroxylation is 1. The second-order valence-electron chi connectivity index (χ2n) is 7.57. The summed E-state index contributed by atoms with van der Waals surface area (Å²) in [6.45, 7) is 6.18. The molecule has 2 fully saturated rings. The molecule has 2 saturated heterocycles. The predicted molar refractivity (Wildman–Crippen MR) is 103 cm³/mol. The summed E-state index contributed by atoms with van der Waals surface area (Å²) >= 11 is 0. The van der Waals surface area contributed by atoms with E-state index in [4.69, 9.17) is 0 Å². The van der Waals surface area contributed by atoms with E-state index in [2.05, 4.69) is 28.9 Å². The van der Waals surface area contributed by atoms with Crippen LogP contribution in [0.5, 0.6) is 0 Å². The minimum absolute atomic E-state index is 0.140. The molecule has 0 N–H and O–H groups in total. The molecule has 1 atom stereocenters. The van der Waals surface area contributed by atoms with Crippen LogP contribution in [0, 0.1) is 6.92 Å². The average Bonchev–Trinajstić information content (AvgIpc) is 2.97. The molecular formula is C19H29N3O3S. The van der Waals surface area contributed by atoms with Gasteiger partial charge in [-0.05, 0) is 31.5 Å². The number of amides is 1. The third kappa shape index (κ3) is 4.84. The van der Waals surface area contributed by atoms with Gasteiger partial charge in [0, 0.05) is 38.8 Å². The second-order valence-corrected chi connectivity index (χ2v) is 9.80. The summed E-state index contributed by atoms with van der Waals surface area (Å²) in [7, 11) is -0.877. The van der Waals surface area contributed by atoms with Gasteiger partial charge in [-0.3, -0.25) is 14.6 Å². The Morgan fingerprint density at radius 1 is 1.19 bits per heavy atom. The van der Waals surface area contributed by atoms with Gasteiger partial charge in [-0.15, -0.1) is 0 Å². The molecule has 26 heavy (non-hydrogen) atoms. The highest BCUT2D eigenvalue weighted by atomic mass is 32.2. The van der Waals surface area contributed by atoms with Crippen molar-refractivity contribution in [3.05, 3.63) is 35.4 Å². The van der Waals surface area contributed by atoms with Gasteiger partial charge in [-0.1, -0.05) is 24.3 Å². The van der Waals surface area contributed by atoms with Crippen LogP contribution < -0.4 is 0 Å². The maximum Gasteiger partial charge on any atom is 0.236 e. The maximum absolute atomic E-state index is 12.6. The van der Waals surface area contributed by atoms with Gasteiger partial charge in [0.1, 0.15) is 0 Å². The SMILES string of the molecule is Cc1ccccc1CN(C)CC(=O)N1CCN([C@H]2CCS(=O)(=O)C2)CC1. The largest absolute Gasteiger partial charge is 0.339 e. The Balaban J connectivity index is 1.45. The van der Waals surface area contributed by atoms with Crippen LogP contribution in [0.15, 0.2) is 24.3 Å². The first-order chi connectivity index (χ1) is 12.3.